The van der Waals surface area contributed by atoms with Crippen LogP contribution in [0, 0.1) is 6.92 Å². The molecule has 0 fully saturated rings. The number of ether oxygens (including phenoxy) is 1. The van der Waals surface area contributed by atoms with Gasteiger partial charge in [-0.05, 0) is 48.9 Å². The van der Waals surface area contributed by atoms with Gasteiger partial charge in [0.15, 0.2) is 0 Å². The fourth-order valence-corrected chi connectivity index (χ4v) is 3.78. The van der Waals surface area contributed by atoms with Gasteiger partial charge in [0.2, 0.25) is 11.0 Å². The van der Waals surface area contributed by atoms with E-state index in [1.54, 1.807) is 0 Å². The molecule has 2 N–H and O–H groups in total. The van der Waals surface area contributed by atoms with E-state index in [4.69, 9.17) is 4.74 Å². The molecule has 2 aromatic carbocycles. The second-order valence-corrected chi connectivity index (χ2v) is 8.31. The number of aromatic carboxylic acids is 1. The minimum atomic E-state index is -4.88. The first-order valence-electron chi connectivity index (χ1n) is 9.79. The number of benzene rings is 2. The van der Waals surface area contributed by atoms with E-state index >= 15 is 0 Å². The minimum Gasteiger partial charge on any atom is -0.478 e. The fraction of sp³-hybridized carbons (Fsp3) is 0.273. The highest BCUT2D eigenvalue weighted by Crippen LogP contribution is 2.34. The van der Waals surface area contributed by atoms with Crippen molar-refractivity contribution in [1.82, 2.24) is 5.32 Å². The van der Waals surface area contributed by atoms with Crippen molar-refractivity contribution in [1.29, 1.82) is 0 Å². The summed E-state index contributed by atoms with van der Waals surface area (Å²) in [5.74, 6) is -5.29. The molecular weight excluding hydrogens is 520 g/mol. The van der Waals surface area contributed by atoms with Crippen LogP contribution in [0.25, 0.3) is 0 Å². The molecule has 0 unspecified atom stereocenters. The lowest BCUT2D eigenvalue weighted by Gasteiger charge is -2.18. The summed E-state index contributed by atoms with van der Waals surface area (Å²) in [6.07, 6.45) is -9.50. The van der Waals surface area contributed by atoms with Crippen molar-refractivity contribution in [2.45, 2.75) is 32.2 Å². The average molecular weight is 537 g/mol. The molecule has 2 aromatic rings. The third-order valence-corrected chi connectivity index (χ3v) is 5.55. The largest absolute Gasteiger partial charge is 0.478 e. The summed E-state index contributed by atoms with van der Waals surface area (Å²) in [5, 5.41) is 10.6. The topological polar surface area (TPSA) is 110 Å². The first-order chi connectivity index (χ1) is 16.5. The molecular formula is C22H17F6NO6S. The number of hydrogen-bond acceptors (Lipinski definition) is 6. The molecule has 194 valence electrons. The highest BCUT2D eigenvalue weighted by molar-refractivity contribution is 8.14. The van der Waals surface area contributed by atoms with Crippen LogP contribution in [0.1, 0.15) is 44.3 Å². The maximum Gasteiger partial charge on any atom is 0.416 e. The van der Waals surface area contributed by atoms with Gasteiger partial charge in [0.05, 0.1) is 11.1 Å². The van der Waals surface area contributed by atoms with Crippen molar-refractivity contribution in [3.63, 3.8) is 0 Å². The van der Waals surface area contributed by atoms with Gasteiger partial charge in [-0.3, -0.25) is 9.59 Å². The molecule has 36 heavy (non-hydrogen) atoms. The standard InChI is InChI=1S/C22H17F6NO6S/c1-10-7-12(21(23,24)25)3-5-14(10)20(34)36-9-16(29-11(2)30)19(33)35-17-8-13(22(26,27)28)4-6-15(17)18(31)32/h3-8,16H,9H2,1-2H3,(H,29,30)(H,31,32)/t16-/m1/s1. The van der Waals surface area contributed by atoms with Gasteiger partial charge in [0, 0.05) is 18.2 Å². The maximum atomic E-state index is 13.0. The van der Waals surface area contributed by atoms with Gasteiger partial charge in [-0.2, -0.15) is 26.3 Å². The molecule has 14 heteroatoms. The van der Waals surface area contributed by atoms with E-state index in [0.29, 0.717) is 36.0 Å². The Balaban J connectivity index is 2.25. The molecule has 7 nitrogen and oxygen atoms in total. The number of amides is 1. The lowest BCUT2D eigenvalue weighted by Crippen LogP contribution is -2.44. The molecule has 0 aliphatic heterocycles. The van der Waals surface area contributed by atoms with Crippen LogP contribution in [0.3, 0.4) is 0 Å². The number of carboxylic acid groups (broad SMARTS) is 1. The number of rotatable bonds is 7. The van der Waals surface area contributed by atoms with E-state index in [1.165, 1.54) is 6.92 Å². The van der Waals surface area contributed by atoms with E-state index in [1.807, 2.05) is 0 Å². The van der Waals surface area contributed by atoms with Crippen molar-refractivity contribution in [3.05, 3.63) is 64.2 Å². The molecule has 0 spiro atoms. The van der Waals surface area contributed by atoms with Crippen molar-refractivity contribution < 1.29 is 55.4 Å². The summed E-state index contributed by atoms with van der Waals surface area (Å²) >= 11 is 0.432. The zero-order valence-corrected chi connectivity index (χ0v) is 19.2. The molecule has 2 rings (SSSR count). The summed E-state index contributed by atoms with van der Waals surface area (Å²) in [7, 11) is 0. The highest BCUT2D eigenvalue weighted by Gasteiger charge is 2.34. The SMILES string of the molecule is CC(=O)N[C@H](CSC(=O)c1ccc(C(F)(F)F)cc1C)C(=O)Oc1cc(C(F)(F)F)ccc1C(=O)O. The van der Waals surface area contributed by atoms with E-state index in [2.05, 4.69) is 5.32 Å². The summed E-state index contributed by atoms with van der Waals surface area (Å²) in [6.45, 7) is 2.27. The molecule has 1 amide bonds. The van der Waals surface area contributed by atoms with Gasteiger partial charge in [-0.15, -0.1) is 0 Å². The normalized spacial score (nSPS) is 12.6. The Labute approximate surface area is 203 Å². The predicted molar refractivity (Wildman–Crippen MR) is 115 cm³/mol. The maximum absolute atomic E-state index is 13.0. The van der Waals surface area contributed by atoms with Crippen LogP contribution in [-0.4, -0.2) is 39.9 Å². The summed E-state index contributed by atoms with van der Waals surface area (Å²) in [4.78, 5) is 48.0. The summed E-state index contributed by atoms with van der Waals surface area (Å²) < 4.78 is 82.4. The van der Waals surface area contributed by atoms with Crippen molar-refractivity contribution in [2.75, 3.05) is 5.75 Å². The van der Waals surface area contributed by atoms with Crippen molar-refractivity contribution in [2.24, 2.45) is 0 Å². The molecule has 0 aliphatic carbocycles. The van der Waals surface area contributed by atoms with E-state index < -0.39 is 69.5 Å². The van der Waals surface area contributed by atoms with Gasteiger partial charge < -0.3 is 15.2 Å². The molecule has 0 saturated heterocycles. The highest BCUT2D eigenvalue weighted by atomic mass is 32.2. The molecule has 0 aromatic heterocycles. The number of aryl methyl sites for hydroxylation is 1. The molecule has 0 aliphatic rings. The van der Waals surface area contributed by atoms with Crippen LogP contribution in [0.15, 0.2) is 36.4 Å². The van der Waals surface area contributed by atoms with E-state index in [0.717, 1.165) is 19.1 Å². The van der Waals surface area contributed by atoms with Crippen molar-refractivity contribution >= 4 is 34.7 Å². The monoisotopic (exact) mass is 537 g/mol. The Morgan fingerprint density at radius 3 is 1.94 bits per heavy atom. The molecule has 0 radical (unpaired) electrons. The quantitative estimate of drug-likeness (QED) is 0.299. The van der Waals surface area contributed by atoms with Crippen LogP contribution in [-0.2, 0) is 21.9 Å². The number of carboxylic acids is 1. The Hall–Kier alpha value is -3.55. The third kappa shape index (κ3) is 7.47. The van der Waals surface area contributed by atoms with E-state index in [-0.39, 0.29) is 11.1 Å². The van der Waals surface area contributed by atoms with Crippen LogP contribution in [0.4, 0.5) is 26.3 Å². The lowest BCUT2D eigenvalue weighted by atomic mass is 10.1. The summed E-state index contributed by atoms with van der Waals surface area (Å²) in [5.41, 5.74) is -3.14. The van der Waals surface area contributed by atoms with Crippen LogP contribution in [0.2, 0.25) is 0 Å². The van der Waals surface area contributed by atoms with Gasteiger partial charge in [0.1, 0.15) is 17.4 Å². The number of nitrogens with one attached hydrogen (secondary N) is 1. The molecule has 0 saturated carbocycles. The van der Waals surface area contributed by atoms with Gasteiger partial charge >= 0.3 is 24.3 Å². The number of thioether (sulfide) groups is 1. The van der Waals surface area contributed by atoms with Crippen molar-refractivity contribution in [3.8, 4) is 5.75 Å². The van der Waals surface area contributed by atoms with Gasteiger partial charge in [-0.25, -0.2) is 9.59 Å². The molecule has 0 heterocycles. The Kier molecular flexibility index (Phi) is 8.78. The second kappa shape index (κ2) is 11.0. The second-order valence-electron chi connectivity index (χ2n) is 7.31. The first kappa shape index (κ1) is 28.7. The first-order valence-corrected chi connectivity index (χ1v) is 10.8. The Bertz CT molecular complexity index is 1190. The average Bonchev–Trinajstić information content (AvgIpc) is 2.74. The summed E-state index contributed by atoms with van der Waals surface area (Å²) in [6, 6.07) is 2.16. The molecule has 1 atom stereocenters. The van der Waals surface area contributed by atoms with Crippen LogP contribution in [0.5, 0.6) is 5.75 Å². The number of carbonyl (C=O) groups is 4. The van der Waals surface area contributed by atoms with Crippen LogP contribution >= 0.6 is 11.8 Å². The Morgan fingerprint density at radius 2 is 1.47 bits per heavy atom. The number of esters is 1. The number of carbonyl (C=O) groups excluding carboxylic acids is 3. The zero-order chi connectivity index (χ0) is 27.4. The zero-order valence-electron chi connectivity index (χ0n) is 18.4. The third-order valence-electron chi connectivity index (χ3n) is 4.57. The fourth-order valence-electron chi connectivity index (χ4n) is 2.86. The predicted octanol–water partition coefficient (Wildman–Crippen LogP) is 4.71. The smallest absolute Gasteiger partial charge is 0.416 e. The van der Waals surface area contributed by atoms with Gasteiger partial charge in [0.25, 0.3) is 0 Å². The van der Waals surface area contributed by atoms with Gasteiger partial charge in [-0.1, -0.05) is 11.8 Å². The Morgan fingerprint density at radius 1 is 0.944 bits per heavy atom. The lowest BCUT2D eigenvalue weighted by molar-refractivity contribution is -0.140. The van der Waals surface area contributed by atoms with E-state index in [9.17, 15) is 50.6 Å². The number of hydrogen-bond donors (Lipinski definition) is 2. The number of halogens is 6. The van der Waals surface area contributed by atoms with Crippen LogP contribution < -0.4 is 10.1 Å². The minimum absolute atomic E-state index is 0.00366. The molecule has 0 bridgehead atoms. The number of alkyl halides is 6.